The first-order valence-electron chi connectivity index (χ1n) is 9.89. The fourth-order valence-corrected chi connectivity index (χ4v) is 4.33. The van der Waals surface area contributed by atoms with Crippen LogP contribution in [0.25, 0.3) is 22.4 Å². The molecular weight excluding hydrogens is 416 g/mol. The number of H-pyrrole nitrogens is 1. The zero-order valence-corrected chi connectivity index (χ0v) is 17.6. The maximum Gasteiger partial charge on any atom is 0.291 e. The standard InChI is InChI=1S/C22H20N4O4S/c1-31(28,29)12-17-16-4-2-3-5-18(16)30-19(17)22(27)23-15-10-8-14(9-11-15)21-24-20(25-26-21)13-6-7-13/h2-5,8-11,13H,6-7,12H2,1H3,(H,23,27)(H,24,25,26). The predicted molar refractivity (Wildman–Crippen MR) is 117 cm³/mol. The van der Waals surface area contributed by atoms with E-state index < -0.39 is 15.7 Å². The van der Waals surface area contributed by atoms with Gasteiger partial charge in [-0.05, 0) is 43.2 Å². The van der Waals surface area contributed by atoms with E-state index in [9.17, 15) is 13.2 Å². The van der Waals surface area contributed by atoms with Crippen LogP contribution in [0, 0.1) is 0 Å². The van der Waals surface area contributed by atoms with Crippen LogP contribution in [-0.2, 0) is 15.6 Å². The van der Waals surface area contributed by atoms with Crippen molar-refractivity contribution in [3.8, 4) is 11.4 Å². The van der Waals surface area contributed by atoms with Gasteiger partial charge in [0.2, 0.25) is 0 Å². The molecule has 2 aromatic carbocycles. The smallest absolute Gasteiger partial charge is 0.291 e. The fraction of sp³-hybridized carbons (Fsp3) is 0.227. The molecule has 0 unspecified atom stereocenters. The molecule has 1 fully saturated rings. The van der Waals surface area contributed by atoms with Crippen molar-refractivity contribution in [3.63, 3.8) is 0 Å². The van der Waals surface area contributed by atoms with Gasteiger partial charge in [-0.3, -0.25) is 9.89 Å². The summed E-state index contributed by atoms with van der Waals surface area (Å²) in [5, 5.41) is 10.6. The number of amides is 1. The number of hydrogen-bond donors (Lipinski definition) is 2. The number of carbonyl (C=O) groups is 1. The summed E-state index contributed by atoms with van der Waals surface area (Å²) >= 11 is 0. The Kier molecular flexibility index (Phi) is 4.62. The molecule has 0 atom stereocenters. The van der Waals surface area contributed by atoms with Gasteiger partial charge in [-0.2, -0.15) is 5.10 Å². The van der Waals surface area contributed by atoms with Gasteiger partial charge in [0, 0.05) is 34.4 Å². The highest BCUT2D eigenvalue weighted by Gasteiger charge is 2.27. The Bertz CT molecular complexity index is 1380. The molecule has 5 rings (SSSR count). The van der Waals surface area contributed by atoms with Crippen LogP contribution in [0.15, 0.2) is 52.9 Å². The summed E-state index contributed by atoms with van der Waals surface area (Å²) < 4.78 is 29.5. The van der Waals surface area contributed by atoms with Crippen LogP contribution >= 0.6 is 0 Å². The van der Waals surface area contributed by atoms with E-state index in [0.717, 1.165) is 30.5 Å². The average Bonchev–Trinajstić information content (AvgIpc) is 3.36. The first kappa shape index (κ1) is 19.5. The van der Waals surface area contributed by atoms with E-state index in [-0.39, 0.29) is 11.5 Å². The second-order valence-corrected chi connectivity index (χ2v) is 9.97. The Labute approximate surface area is 178 Å². The first-order valence-corrected chi connectivity index (χ1v) is 12.0. The molecule has 0 spiro atoms. The van der Waals surface area contributed by atoms with E-state index in [0.29, 0.717) is 34.0 Å². The zero-order valence-electron chi connectivity index (χ0n) is 16.8. The van der Waals surface area contributed by atoms with Crippen molar-refractivity contribution in [1.82, 2.24) is 15.2 Å². The Morgan fingerprint density at radius 2 is 1.90 bits per heavy atom. The van der Waals surface area contributed by atoms with Crippen LogP contribution in [0.3, 0.4) is 0 Å². The van der Waals surface area contributed by atoms with E-state index in [1.165, 1.54) is 0 Å². The number of hydrogen-bond acceptors (Lipinski definition) is 6. The van der Waals surface area contributed by atoms with Crippen LogP contribution in [0.5, 0.6) is 0 Å². The lowest BCUT2D eigenvalue weighted by atomic mass is 10.1. The molecule has 2 heterocycles. The normalized spacial score (nSPS) is 14.1. The third kappa shape index (κ3) is 4.09. The van der Waals surface area contributed by atoms with E-state index in [2.05, 4.69) is 20.5 Å². The zero-order chi connectivity index (χ0) is 21.6. The van der Waals surface area contributed by atoms with E-state index in [1.807, 2.05) is 12.1 Å². The Morgan fingerprint density at radius 1 is 1.16 bits per heavy atom. The summed E-state index contributed by atoms with van der Waals surface area (Å²) in [7, 11) is -3.36. The molecule has 8 nitrogen and oxygen atoms in total. The number of aromatic amines is 1. The summed E-state index contributed by atoms with van der Waals surface area (Å²) in [6, 6.07) is 14.2. The number of nitrogens with one attached hydrogen (secondary N) is 2. The molecule has 1 amide bonds. The summed E-state index contributed by atoms with van der Waals surface area (Å²) in [6.07, 6.45) is 3.42. The first-order chi connectivity index (χ1) is 14.9. The molecule has 31 heavy (non-hydrogen) atoms. The van der Waals surface area contributed by atoms with Crippen molar-refractivity contribution in [3.05, 3.63) is 65.7 Å². The highest BCUT2D eigenvalue weighted by molar-refractivity contribution is 7.89. The van der Waals surface area contributed by atoms with Crippen molar-refractivity contribution in [2.45, 2.75) is 24.5 Å². The molecule has 9 heteroatoms. The van der Waals surface area contributed by atoms with Crippen molar-refractivity contribution in [2.24, 2.45) is 0 Å². The number of aromatic nitrogens is 3. The van der Waals surface area contributed by atoms with Crippen LogP contribution in [0.1, 0.15) is 40.7 Å². The average molecular weight is 436 g/mol. The number of sulfone groups is 1. The third-order valence-corrected chi connectivity index (χ3v) is 5.99. The lowest BCUT2D eigenvalue weighted by molar-refractivity contribution is 0.0998. The maximum atomic E-state index is 12.9. The lowest BCUT2D eigenvalue weighted by Gasteiger charge is -2.06. The Hall–Kier alpha value is -3.46. The van der Waals surface area contributed by atoms with Crippen LogP contribution in [0.2, 0.25) is 0 Å². The van der Waals surface area contributed by atoms with Gasteiger partial charge < -0.3 is 9.73 Å². The number of rotatable bonds is 6. The SMILES string of the molecule is CS(=O)(=O)Cc1c(C(=O)Nc2ccc(-c3n[nH]c(C4CC4)n3)cc2)oc2ccccc12. The van der Waals surface area contributed by atoms with E-state index >= 15 is 0 Å². The Balaban J connectivity index is 1.39. The molecule has 0 bridgehead atoms. The van der Waals surface area contributed by atoms with Gasteiger partial charge in [-0.1, -0.05) is 18.2 Å². The van der Waals surface area contributed by atoms with Crippen LogP contribution in [-0.4, -0.2) is 35.8 Å². The molecule has 0 saturated heterocycles. The monoisotopic (exact) mass is 436 g/mol. The number of fused-ring (bicyclic) bond motifs is 1. The van der Waals surface area contributed by atoms with Crippen LogP contribution < -0.4 is 5.32 Å². The van der Waals surface area contributed by atoms with Crippen molar-refractivity contribution in [1.29, 1.82) is 0 Å². The van der Waals surface area contributed by atoms with Gasteiger partial charge in [0.05, 0.1) is 5.75 Å². The molecule has 2 aromatic heterocycles. The lowest BCUT2D eigenvalue weighted by Crippen LogP contribution is -2.14. The topological polar surface area (TPSA) is 118 Å². The summed E-state index contributed by atoms with van der Waals surface area (Å²) in [5.74, 6) is 1.24. The highest BCUT2D eigenvalue weighted by Crippen LogP contribution is 2.38. The minimum Gasteiger partial charge on any atom is -0.451 e. The molecule has 1 aliphatic carbocycles. The third-order valence-electron chi connectivity index (χ3n) is 5.18. The molecule has 4 aromatic rings. The molecule has 1 saturated carbocycles. The second-order valence-electron chi connectivity index (χ2n) is 7.83. The quantitative estimate of drug-likeness (QED) is 0.473. The Morgan fingerprint density at radius 3 is 2.61 bits per heavy atom. The van der Waals surface area contributed by atoms with Crippen molar-refractivity contribution in [2.75, 3.05) is 11.6 Å². The number of para-hydroxylation sites is 1. The van der Waals surface area contributed by atoms with Gasteiger partial charge in [0.15, 0.2) is 21.4 Å². The largest absolute Gasteiger partial charge is 0.451 e. The van der Waals surface area contributed by atoms with Crippen LogP contribution in [0.4, 0.5) is 5.69 Å². The summed E-state index contributed by atoms with van der Waals surface area (Å²) in [6.45, 7) is 0. The molecule has 1 aliphatic rings. The molecular formula is C22H20N4O4S. The molecule has 2 N–H and O–H groups in total. The number of nitrogens with zero attached hydrogens (tertiary/aromatic N) is 2. The summed E-state index contributed by atoms with van der Waals surface area (Å²) in [5.41, 5.74) is 2.22. The van der Waals surface area contributed by atoms with Gasteiger partial charge in [-0.15, -0.1) is 0 Å². The van der Waals surface area contributed by atoms with Gasteiger partial charge in [0.1, 0.15) is 11.4 Å². The van der Waals surface area contributed by atoms with E-state index in [4.69, 9.17) is 4.42 Å². The van der Waals surface area contributed by atoms with E-state index in [1.54, 1.807) is 36.4 Å². The van der Waals surface area contributed by atoms with Crippen molar-refractivity contribution >= 4 is 32.4 Å². The van der Waals surface area contributed by atoms with Crippen molar-refractivity contribution < 1.29 is 17.6 Å². The minimum absolute atomic E-state index is 0.00116. The number of carbonyl (C=O) groups excluding carboxylic acids is 1. The number of furan rings is 1. The number of anilines is 1. The minimum atomic E-state index is -3.36. The molecule has 0 radical (unpaired) electrons. The molecule has 0 aliphatic heterocycles. The van der Waals surface area contributed by atoms with Gasteiger partial charge in [-0.25, -0.2) is 13.4 Å². The predicted octanol–water partition coefficient (Wildman–Crippen LogP) is 3.89. The van der Waals surface area contributed by atoms with Gasteiger partial charge in [0.25, 0.3) is 5.91 Å². The molecule has 158 valence electrons. The fourth-order valence-electron chi connectivity index (χ4n) is 3.52. The second kappa shape index (κ2) is 7.35. The highest BCUT2D eigenvalue weighted by atomic mass is 32.2. The number of benzene rings is 2. The van der Waals surface area contributed by atoms with Gasteiger partial charge >= 0.3 is 0 Å². The maximum absolute atomic E-state index is 12.9. The summed E-state index contributed by atoms with van der Waals surface area (Å²) in [4.78, 5) is 17.4.